The average molecular weight is 266 g/mol. The smallest absolute Gasteiger partial charge is 0.00979 e. The molecule has 1 saturated heterocycles. The number of rotatable bonds is 5. The lowest BCUT2D eigenvalue weighted by Gasteiger charge is -2.27. The molecule has 5 unspecified atom stereocenters. The van der Waals surface area contributed by atoms with E-state index in [0.717, 1.165) is 23.9 Å². The normalized spacial score (nSPS) is 38.1. The minimum atomic E-state index is 0.665. The highest BCUT2D eigenvalue weighted by Crippen LogP contribution is 2.34. The molecule has 2 aliphatic rings. The van der Waals surface area contributed by atoms with Gasteiger partial charge in [-0.3, -0.25) is 0 Å². The largest absolute Gasteiger partial charge is 0.314 e. The molecule has 112 valence electrons. The van der Waals surface area contributed by atoms with Crippen LogP contribution in [0.5, 0.6) is 0 Å². The summed E-state index contributed by atoms with van der Waals surface area (Å²) in [5, 5.41) is 7.65. The van der Waals surface area contributed by atoms with E-state index in [9.17, 15) is 0 Å². The Morgan fingerprint density at radius 2 is 2.00 bits per heavy atom. The van der Waals surface area contributed by atoms with E-state index >= 15 is 0 Å². The molecule has 0 aromatic rings. The van der Waals surface area contributed by atoms with Gasteiger partial charge in [0.05, 0.1) is 0 Å². The van der Waals surface area contributed by atoms with Gasteiger partial charge in [0.1, 0.15) is 0 Å². The van der Waals surface area contributed by atoms with E-state index in [2.05, 4.69) is 31.4 Å². The molecule has 19 heavy (non-hydrogen) atoms. The molecule has 2 rings (SSSR count). The SMILES string of the molecule is CCC1CCC(NC(C)CC2CCCCCN2)C1C. The van der Waals surface area contributed by atoms with Crippen molar-refractivity contribution in [3.8, 4) is 0 Å². The van der Waals surface area contributed by atoms with Gasteiger partial charge < -0.3 is 10.6 Å². The van der Waals surface area contributed by atoms with Crippen molar-refractivity contribution < 1.29 is 0 Å². The first kappa shape index (κ1) is 15.3. The monoisotopic (exact) mass is 266 g/mol. The Labute approximate surface area is 120 Å². The van der Waals surface area contributed by atoms with Crippen LogP contribution < -0.4 is 10.6 Å². The lowest BCUT2D eigenvalue weighted by molar-refractivity contribution is 0.305. The Kier molecular flexibility index (Phi) is 6.15. The van der Waals surface area contributed by atoms with E-state index in [1.165, 1.54) is 57.9 Å². The van der Waals surface area contributed by atoms with Gasteiger partial charge in [-0.05, 0) is 57.4 Å². The van der Waals surface area contributed by atoms with Crippen molar-refractivity contribution in [2.24, 2.45) is 11.8 Å². The third-order valence-electron chi connectivity index (χ3n) is 5.55. The fraction of sp³-hybridized carbons (Fsp3) is 1.00. The Morgan fingerprint density at radius 3 is 2.74 bits per heavy atom. The zero-order chi connectivity index (χ0) is 13.7. The molecule has 1 heterocycles. The molecule has 2 fully saturated rings. The summed E-state index contributed by atoms with van der Waals surface area (Å²) in [5.41, 5.74) is 0. The second kappa shape index (κ2) is 7.64. The van der Waals surface area contributed by atoms with Crippen LogP contribution in [0, 0.1) is 11.8 Å². The summed E-state index contributed by atoms with van der Waals surface area (Å²) in [6, 6.07) is 2.19. The molecule has 5 atom stereocenters. The second-order valence-corrected chi connectivity index (χ2v) is 7.02. The summed E-state index contributed by atoms with van der Waals surface area (Å²) < 4.78 is 0. The minimum absolute atomic E-state index is 0.665. The first-order valence-electron chi connectivity index (χ1n) is 8.70. The van der Waals surface area contributed by atoms with Crippen LogP contribution in [0.2, 0.25) is 0 Å². The van der Waals surface area contributed by atoms with E-state index in [1.54, 1.807) is 0 Å². The van der Waals surface area contributed by atoms with E-state index in [-0.39, 0.29) is 0 Å². The summed E-state index contributed by atoms with van der Waals surface area (Å²) in [6.45, 7) is 8.42. The predicted molar refractivity (Wildman–Crippen MR) is 83.4 cm³/mol. The molecule has 0 spiro atoms. The van der Waals surface area contributed by atoms with Gasteiger partial charge in [0, 0.05) is 18.1 Å². The van der Waals surface area contributed by atoms with Gasteiger partial charge in [0.2, 0.25) is 0 Å². The Morgan fingerprint density at radius 1 is 1.16 bits per heavy atom. The highest BCUT2D eigenvalue weighted by molar-refractivity contribution is 4.88. The van der Waals surface area contributed by atoms with Gasteiger partial charge in [-0.15, -0.1) is 0 Å². The van der Waals surface area contributed by atoms with Crippen LogP contribution in [-0.4, -0.2) is 24.7 Å². The Hall–Kier alpha value is -0.0800. The molecule has 2 nitrogen and oxygen atoms in total. The fourth-order valence-corrected chi connectivity index (χ4v) is 4.22. The number of hydrogen-bond acceptors (Lipinski definition) is 2. The molecule has 0 bridgehead atoms. The van der Waals surface area contributed by atoms with Crippen molar-refractivity contribution in [1.82, 2.24) is 10.6 Å². The first-order valence-corrected chi connectivity index (χ1v) is 8.70. The maximum Gasteiger partial charge on any atom is 0.00979 e. The van der Waals surface area contributed by atoms with Crippen LogP contribution in [0.1, 0.15) is 72.1 Å². The van der Waals surface area contributed by atoms with E-state index < -0.39 is 0 Å². The summed E-state index contributed by atoms with van der Waals surface area (Å²) in [4.78, 5) is 0. The molecule has 0 aromatic heterocycles. The number of hydrogen-bond donors (Lipinski definition) is 2. The van der Waals surface area contributed by atoms with E-state index in [1.807, 2.05) is 0 Å². The molecular formula is C17H34N2. The molecule has 2 heteroatoms. The maximum atomic E-state index is 3.92. The van der Waals surface area contributed by atoms with Gasteiger partial charge in [0.15, 0.2) is 0 Å². The summed E-state index contributed by atoms with van der Waals surface area (Å²) in [5.74, 6) is 1.83. The van der Waals surface area contributed by atoms with Crippen LogP contribution in [-0.2, 0) is 0 Å². The van der Waals surface area contributed by atoms with Crippen molar-refractivity contribution in [2.75, 3.05) is 6.54 Å². The van der Waals surface area contributed by atoms with E-state index in [4.69, 9.17) is 0 Å². The zero-order valence-corrected chi connectivity index (χ0v) is 13.3. The lowest BCUT2D eigenvalue weighted by Crippen LogP contribution is -2.43. The molecule has 1 saturated carbocycles. The van der Waals surface area contributed by atoms with Crippen molar-refractivity contribution in [3.05, 3.63) is 0 Å². The van der Waals surface area contributed by atoms with Crippen LogP contribution in [0.15, 0.2) is 0 Å². The molecular weight excluding hydrogens is 232 g/mol. The highest BCUT2D eigenvalue weighted by Gasteiger charge is 2.32. The summed E-state index contributed by atoms with van der Waals surface area (Å²) >= 11 is 0. The molecule has 0 radical (unpaired) electrons. The number of nitrogens with one attached hydrogen (secondary N) is 2. The standard InChI is InChI=1S/C17H34N2/c1-4-15-9-10-17(14(15)3)19-13(2)12-16-8-6-5-7-11-18-16/h13-19H,4-12H2,1-3H3. The van der Waals surface area contributed by atoms with Crippen LogP contribution in [0.25, 0.3) is 0 Å². The predicted octanol–water partition coefficient (Wildman–Crippen LogP) is 3.71. The van der Waals surface area contributed by atoms with Crippen LogP contribution in [0.3, 0.4) is 0 Å². The van der Waals surface area contributed by atoms with Gasteiger partial charge in [-0.25, -0.2) is 0 Å². The molecule has 1 aliphatic carbocycles. The highest BCUT2D eigenvalue weighted by atomic mass is 15.0. The maximum absolute atomic E-state index is 3.92. The molecule has 0 amide bonds. The third kappa shape index (κ3) is 4.46. The first-order chi connectivity index (χ1) is 9.20. The summed E-state index contributed by atoms with van der Waals surface area (Å²) in [7, 11) is 0. The van der Waals surface area contributed by atoms with Crippen molar-refractivity contribution in [2.45, 2.75) is 90.3 Å². The molecule has 1 aliphatic heterocycles. The van der Waals surface area contributed by atoms with Gasteiger partial charge in [-0.1, -0.05) is 33.1 Å². The quantitative estimate of drug-likeness (QED) is 0.792. The lowest BCUT2D eigenvalue weighted by atomic mass is 9.93. The van der Waals surface area contributed by atoms with Crippen molar-refractivity contribution in [3.63, 3.8) is 0 Å². The zero-order valence-electron chi connectivity index (χ0n) is 13.3. The second-order valence-electron chi connectivity index (χ2n) is 7.02. The Balaban J connectivity index is 1.73. The fourth-order valence-electron chi connectivity index (χ4n) is 4.22. The van der Waals surface area contributed by atoms with Crippen LogP contribution >= 0.6 is 0 Å². The topological polar surface area (TPSA) is 24.1 Å². The molecule has 0 aromatic carbocycles. The van der Waals surface area contributed by atoms with Gasteiger partial charge in [0.25, 0.3) is 0 Å². The average Bonchev–Trinajstić information content (AvgIpc) is 2.61. The third-order valence-corrected chi connectivity index (χ3v) is 5.55. The van der Waals surface area contributed by atoms with Crippen molar-refractivity contribution >= 4 is 0 Å². The van der Waals surface area contributed by atoms with Crippen molar-refractivity contribution in [1.29, 1.82) is 0 Å². The molecule has 2 N–H and O–H groups in total. The van der Waals surface area contributed by atoms with E-state index in [0.29, 0.717) is 6.04 Å². The summed E-state index contributed by atoms with van der Waals surface area (Å²) in [6.07, 6.45) is 11.1. The minimum Gasteiger partial charge on any atom is -0.314 e. The van der Waals surface area contributed by atoms with Gasteiger partial charge in [-0.2, -0.15) is 0 Å². The van der Waals surface area contributed by atoms with Gasteiger partial charge >= 0.3 is 0 Å². The Bertz CT molecular complexity index is 246. The van der Waals surface area contributed by atoms with Crippen LogP contribution in [0.4, 0.5) is 0 Å².